The van der Waals surface area contributed by atoms with Gasteiger partial charge in [0, 0.05) is 12.7 Å². The molecule has 0 spiro atoms. The van der Waals surface area contributed by atoms with E-state index in [1.165, 1.54) is 6.20 Å². The Morgan fingerprint density at radius 2 is 2.38 bits per heavy atom. The first-order valence-corrected chi connectivity index (χ1v) is 4.86. The molecule has 7 heteroatoms. The Kier molecular flexibility index (Phi) is 4.31. The van der Waals surface area contributed by atoms with Crippen molar-refractivity contribution < 1.29 is 14.7 Å². The second-order valence-electron chi connectivity index (χ2n) is 3.40. The van der Waals surface area contributed by atoms with E-state index in [2.05, 4.69) is 20.8 Å². The smallest absolute Gasteiger partial charge is 0.319 e. The second-order valence-corrected chi connectivity index (χ2v) is 3.40. The number of carboxylic acid groups (broad SMARTS) is 1. The molecule has 1 unspecified atom stereocenters. The van der Waals surface area contributed by atoms with Crippen LogP contribution >= 0.6 is 0 Å². The Bertz CT molecular complexity index is 350. The average molecular weight is 226 g/mol. The number of H-pyrrole nitrogens is 1. The first kappa shape index (κ1) is 12.0. The van der Waals surface area contributed by atoms with Gasteiger partial charge in [-0.1, -0.05) is 6.92 Å². The number of carboxylic acids is 1. The third kappa shape index (κ3) is 3.99. The summed E-state index contributed by atoms with van der Waals surface area (Å²) in [6.07, 6.45) is 3.41. The van der Waals surface area contributed by atoms with Gasteiger partial charge in [0.2, 0.25) is 0 Å². The number of aromatic nitrogens is 2. The Labute approximate surface area is 92.2 Å². The lowest BCUT2D eigenvalue weighted by molar-refractivity contribution is -0.141. The average Bonchev–Trinajstić information content (AvgIpc) is 2.70. The van der Waals surface area contributed by atoms with E-state index in [9.17, 15) is 9.59 Å². The van der Waals surface area contributed by atoms with Crippen molar-refractivity contribution in [3.05, 3.63) is 12.4 Å². The first-order valence-electron chi connectivity index (χ1n) is 4.86. The van der Waals surface area contributed by atoms with Gasteiger partial charge in [0.15, 0.2) is 0 Å². The highest BCUT2D eigenvalue weighted by Crippen LogP contribution is 2.01. The number of rotatable bonds is 5. The lowest BCUT2D eigenvalue weighted by atomic mass is 10.1. The number of hydrogen-bond acceptors (Lipinski definition) is 3. The molecule has 0 fully saturated rings. The van der Waals surface area contributed by atoms with Crippen LogP contribution in [0.25, 0.3) is 0 Å². The largest absolute Gasteiger partial charge is 0.481 e. The predicted octanol–water partition coefficient (Wildman–Crippen LogP) is 0.642. The zero-order chi connectivity index (χ0) is 12.0. The predicted molar refractivity (Wildman–Crippen MR) is 57.0 cm³/mol. The summed E-state index contributed by atoms with van der Waals surface area (Å²) in [6.45, 7) is 1.91. The number of aromatic amines is 1. The summed E-state index contributed by atoms with van der Waals surface area (Å²) in [5.41, 5.74) is 0.559. The molecular formula is C9H14N4O3. The summed E-state index contributed by atoms with van der Waals surface area (Å²) >= 11 is 0. The number of urea groups is 1. The van der Waals surface area contributed by atoms with Crippen molar-refractivity contribution in [2.24, 2.45) is 5.92 Å². The summed E-state index contributed by atoms with van der Waals surface area (Å²) in [6, 6.07) is -0.376. The minimum absolute atomic E-state index is 0.317. The van der Waals surface area contributed by atoms with Gasteiger partial charge in [-0.2, -0.15) is 5.10 Å². The molecule has 7 nitrogen and oxygen atoms in total. The molecule has 1 heterocycles. The van der Waals surface area contributed by atoms with Crippen LogP contribution in [0.4, 0.5) is 10.5 Å². The number of hydrogen-bond donors (Lipinski definition) is 4. The second kappa shape index (κ2) is 5.74. The molecule has 0 bridgehead atoms. The Morgan fingerprint density at radius 1 is 1.62 bits per heavy atom. The fraction of sp³-hybridized carbons (Fsp3) is 0.444. The molecule has 0 radical (unpaired) electrons. The van der Waals surface area contributed by atoms with Crippen molar-refractivity contribution in [1.82, 2.24) is 15.5 Å². The third-order valence-corrected chi connectivity index (χ3v) is 2.04. The molecule has 0 saturated carbocycles. The molecule has 16 heavy (non-hydrogen) atoms. The van der Waals surface area contributed by atoms with Crippen LogP contribution in [-0.2, 0) is 4.79 Å². The van der Waals surface area contributed by atoms with Crippen molar-refractivity contribution in [1.29, 1.82) is 0 Å². The highest BCUT2D eigenvalue weighted by atomic mass is 16.4. The van der Waals surface area contributed by atoms with Gasteiger partial charge >= 0.3 is 12.0 Å². The Morgan fingerprint density at radius 3 is 2.94 bits per heavy atom. The topological polar surface area (TPSA) is 107 Å². The zero-order valence-electron chi connectivity index (χ0n) is 8.86. The lowest BCUT2D eigenvalue weighted by Gasteiger charge is -2.07. The van der Waals surface area contributed by atoms with Crippen LogP contribution in [0.5, 0.6) is 0 Å². The SMILES string of the molecule is CC(CCNC(=O)Nc1cn[nH]c1)C(=O)O. The molecule has 1 atom stereocenters. The van der Waals surface area contributed by atoms with Crippen LogP contribution in [0.3, 0.4) is 0 Å². The molecule has 0 aromatic carbocycles. The van der Waals surface area contributed by atoms with Gasteiger partial charge < -0.3 is 15.7 Å². The van der Waals surface area contributed by atoms with Crippen LogP contribution in [0.15, 0.2) is 12.4 Å². The van der Waals surface area contributed by atoms with E-state index in [-0.39, 0.29) is 6.03 Å². The number of anilines is 1. The summed E-state index contributed by atoms with van der Waals surface area (Å²) in [7, 11) is 0. The molecule has 88 valence electrons. The van der Waals surface area contributed by atoms with Gasteiger partial charge in [0.05, 0.1) is 17.8 Å². The van der Waals surface area contributed by atoms with Crippen LogP contribution < -0.4 is 10.6 Å². The fourth-order valence-corrected chi connectivity index (χ4v) is 1.02. The summed E-state index contributed by atoms with van der Waals surface area (Å²) in [5.74, 6) is -1.33. The third-order valence-electron chi connectivity index (χ3n) is 2.04. The molecular weight excluding hydrogens is 212 g/mol. The lowest BCUT2D eigenvalue weighted by Crippen LogP contribution is -2.31. The number of carbonyl (C=O) groups excluding carboxylic acids is 1. The number of nitrogens with one attached hydrogen (secondary N) is 3. The first-order chi connectivity index (χ1) is 7.59. The minimum Gasteiger partial charge on any atom is -0.481 e. The molecule has 2 amide bonds. The van der Waals surface area contributed by atoms with E-state index >= 15 is 0 Å². The Balaban J connectivity index is 2.18. The van der Waals surface area contributed by atoms with Gasteiger partial charge in [0.25, 0.3) is 0 Å². The molecule has 1 aromatic rings. The number of aliphatic carboxylic acids is 1. The fourth-order valence-electron chi connectivity index (χ4n) is 1.02. The summed E-state index contributed by atoms with van der Waals surface area (Å²) in [4.78, 5) is 21.7. The molecule has 1 aromatic heterocycles. The van der Waals surface area contributed by atoms with E-state index in [1.807, 2.05) is 0 Å². The van der Waals surface area contributed by atoms with Gasteiger partial charge in [-0.15, -0.1) is 0 Å². The van der Waals surface area contributed by atoms with Gasteiger partial charge in [-0.3, -0.25) is 9.89 Å². The van der Waals surface area contributed by atoms with Crippen molar-refractivity contribution in [2.45, 2.75) is 13.3 Å². The molecule has 4 N–H and O–H groups in total. The normalized spacial score (nSPS) is 11.8. The van der Waals surface area contributed by atoms with Crippen LogP contribution in [0.1, 0.15) is 13.3 Å². The highest BCUT2D eigenvalue weighted by molar-refractivity contribution is 5.88. The van der Waals surface area contributed by atoms with E-state index < -0.39 is 11.9 Å². The monoisotopic (exact) mass is 226 g/mol. The zero-order valence-corrected chi connectivity index (χ0v) is 8.86. The molecule has 0 aliphatic heterocycles. The van der Waals surface area contributed by atoms with Crippen LogP contribution in [0.2, 0.25) is 0 Å². The highest BCUT2D eigenvalue weighted by Gasteiger charge is 2.10. The molecule has 0 saturated heterocycles. The summed E-state index contributed by atoms with van der Waals surface area (Å²) in [5, 5.41) is 19.9. The van der Waals surface area contributed by atoms with Crippen molar-refractivity contribution in [3.63, 3.8) is 0 Å². The maximum Gasteiger partial charge on any atom is 0.319 e. The van der Waals surface area contributed by atoms with E-state index in [4.69, 9.17) is 5.11 Å². The number of nitrogens with zero attached hydrogens (tertiary/aromatic N) is 1. The Hall–Kier alpha value is -2.05. The van der Waals surface area contributed by atoms with Gasteiger partial charge in [-0.05, 0) is 6.42 Å². The standard InChI is InChI=1S/C9H14N4O3/c1-6(8(14)15)2-3-10-9(16)13-7-4-11-12-5-7/h4-6H,2-3H2,1H3,(H,11,12)(H,14,15)(H2,10,13,16). The van der Waals surface area contributed by atoms with E-state index in [1.54, 1.807) is 13.1 Å². The maximum absolute atomic E-state index is 11.3. The number of carbonyl (C=O) groups is 2. The van der Waals surface area contributed by atoms with Crippen molar-refractivity contribution in [2.75, 3.05) is 11.9 Å². The van der Waals surface area contributed by atoms with E-state index in [0.29, 0.717) is 18.7 Å². The molecule has 0 aliphatic rings. The van der Waals surface area contributed by atoms with Crippen molar-refractivity contribution in [3.8, 4) is 0 Å². The quantitative estimate of drug-likeness (QED) is 0.591. The number of amides is 2. The van der Waals surface area contributed by atoms with Crippen LogP contribution in [0, 0.1) is 5.92 Å². The molecule has 1 rings (SSSR count). The van der Waals surface area contributed by atoms with Gasteiger partial charge in [0.1, 0.15) is 0 Å². The van der Waals surface area contributed by atoms with Gasteiger partial charge in [-0.25, -0.2) is 4.79 Å². The minimum atomic E-state index is -0.864. The van der Waals surface area contributed by atoms with E-state index in [0.717, 1.165) is 0 Å². The van der Waals surface area contributed by atoms with Crippen LogP contribution in [-0.4, -0.2) is 33.8 Å². The molecule has 0 aliphatic carbocycles. The van der Waals surface area contributed by atoms with Crippen molar-refractivity contribution >= 4 is 17.7 Å². The maximum atomic E-state index is 11.3. The summed E-state index contributed by atoms with van der Waals surface area (Å²) < 4.78 is 0.